The average molecular weight is 314 g/mol. The molecule has 1 N–H and O–H groups in total. The third-order valence-electron chi connectivity index (χ3n) is 3.36. The molecular formula is C17H18N2O4. The second-order valence-electron chi connectivity index (χ2n) is 5.32. The van der Waals surface area contributed by atoms with Gasteiger partial charge in [-0.25, -0.2) is 0 Å². The first-order valence-corrected chi connectivity index (χ1v) is 7.16. The standard InChI is InChI=1S/C17H18N2O4/c1-11-7-8-12(2)16(9-11)18-17(20)13(3)23-15-6-4-5-14(10-15)19(21)22/h4-10,13H,1-3H3,(H,18,20)/t13-/m1/s1. The van der Waals surface area contributed by atoms with E-state index in [2.05, 4.69) is 5.32 Å². The molecule has 0 aliphatic carbocycles. The molecule has 0 heterocycles. The highest BCUT2D eigenvalue weighted by Gasteiger charge is 2.17. The first-order chi connectivity index (χ1) is 10.9. The van der Waals surface area contributed by atoms with Crippen molar-refractivity contribution in [2.75, 3.05) is 5.32 Å². The SMILES string of the molecule is Cc1ccc(C)c(NC(=O)[C@@H](C)Oc2cccc([N+](=O)[O-])c2)c1. The zero-order valence-electron chi connectivity index (χ0n) is 13.2. The Morgan fingerprint density at radius 3 is 2.65 bits per heavy atom. The number of hydrogen-bond acceptors (Lipinski definition) is 4. The number of hydrogen-bond donors (Lipinski definition) is 1. The van der Waals surface area contributed by atoms with E-state index in [1.807, 2.05) is 32.0 Å². The van der Waals surface area contributed by atoms with Crippen molar-refractivity contribution in [2.45, 2.75) is 26.9 Å². The predicted molar refractivity (Wildman–Crippen MR) is 87.7 cm³/mol. The number of amides is 1. The van der Waals surface area contributed by atoms with Gasteiger partial charge in [-0.2, -0.15) is 0 Å². The zero-order valence-corrected chi connectivity index (χ0v) is 13.2. The Bertz CT molecular complexity index is 743. The summed E-state index contributed by atoms with van der Waals surface area (Å²) < 4.78 is 5.49. The fourth-order valence-corrected chi connectivity index (χ4v) is 2.03. The number of nitro groups is 1. The van der Waals surface area contributed by atoms with Crippen LogP contribution in [-0.4, -0.2) is 16.9 Å². The van der Waals surface area contributed by atoms with E-state index in [-0.39, 0.29) is 17.3 Å². The minimum Gasteiger partial charge on any atom is -0.481 e. The van der Waals surface area contributed by atoms with Crippen molar-refractivity contribution < 1.29 is 14.5 Å². The van der Waals surface area contributed by atoms with Gasteiger partial charge in [-0.3, -0.25) is 14.9 Å². The number of carbonyl (C=O) groups excluding carboxylic acids is 1. The van der Waals surface area contributed by atoms with Crippen molar-refractivity contribution in [1.82, 2.24) is 0 Å². The van der Waals surface area contributed by atoms with E-state index in [0.29, 0.717) is 0 Å². The summed E-state index contributed by atoms with van der Waals surface area (Å²) in [5.41, 5.74) is 2.64. The number of nitrogens with one attached hydrogen (secondary N) is 1. The summed E-state index contributed by atoms with van der Waals surface area (Å²) >= 11 is 0. The van der Waals surface area contributed by atoms with Gasteiger partial charge >= 0.3 is 0 Å². The molecule has 6 nitrogen and oxygen atoms in total. The number of rotatable bonds is 5. The normalized spacial score (nSPS) is 11.6. The molecule has 2 rings (SSSR count). The lowest BCUT2D eigenvalue weighted by Gasteiger charge is -2.16. The maximum atomic E-state index is 12.2. The van der Waals surface area contributed by atoms with Gasteiger partial charge in [-0.15, -0.1) is 0 Å². The molecule has 6 heteroatoms. The van der Waals surface area contributed by atoms with Crippen LogP contribution in [0.25, 0.3) is 0 Å². The van der Waals surface area contributed by atoms with Gasteiger partial charge in [0.15, 0.2) is 6.10 Å². The molecule has 0 bridgehead atoms. The van der Waals surface area contributed by atoms with E-state index in [9.17, 15) is 14.9 Å². The summed E-state index contributed by atoms with van der Waals surface area (Å²) in [5.74, 6) is -0.0342. The lowest BCUT2D eigenvalue weighted by molar-refractivity contribution is -0.384. The first kappa shape index (κ1) is 16.5. The first-order valence-electron chi connectivity index (χ1n) is 7.16. The topological polar surface area (TPSA) is 81.5 Å². The van der Waals surface area contributed by atoms with Gasteiger partial charge in [0.2, 0.25) is 0 Å². The van der Waals surface area contributed by atoms with Crippen molar-refractivity contribution in [3.8, 4) is 5.75 Å². The smallest absolute Gasteiger partial charge is 0.273 e. The molecule has 120 valence electrons. The van der Waals surface area contributed by atoms with E-state index in [1.54, 1.807) is 13.0 Å². The molecular weight excluding hydrogens is 296 g/mol. The van der Waals surface area contributed by atoms with Crippen molar-refractivity contribution >= 4 is 17.3 Å². The number of anilines is 1. The number of benzene rings is 2. The van der Waals surface area contributed by atoms with Crippen LogP contribution in [0.2, 0.25) is 0 Å². The van der Waals surface area contributed by atoms with Crippen LogP contribution in [0.5, 0.6) is 5.75 Å². The van der Waals surface area contributed by atoms with Gasteiger partial charge in [0.05, 0.1) is 11.0 Å². The number of non-ortho nitro benzene ring substituents is 1. The monoisotopic (exact) mass is 314 g/mol. The van der Waals surface area contributed by atoms with E-state index < -0.39 is 11.0 Å². The highest BCUT2D eigenvalue weighted by Crippen LogP contribution is 2.21. The number of carbonyl (C=O) groups is 1. The van der Waals surface area contributed by atoms with Crippen LogP contribution in [0.3, 0.4) is 0 Å². The van der Waals surface area contributed by atoms with Gasteiger partial charge in [0.25, 0.3) is 11.6 Å². The van der Waals surface area contributed by atoms with E-state index >= 15 is 0 Å². The van der Waals surface area contributed by atoms with E-state index in [1.165, 1.54) is 18.2 Å². The maximum Gasteiger partial charge on any atom is 0.273 e. The largest absolute Gasteiger partial charge is 0.481 e. The van der Waals surface area contributed by atoms with E-state index in [4.69, 9.17) is 4.74 Å². The van der Waals surface area contributed by atoms with Crippen LogP contribution in [0.4, 0.5) is 11.4 Å². The third kappa shape index (κ3) is 4.29. The molecule has 0 fully saturated rings. The minimum absolute atomic E-state index is 0.0790. The summed E-state index contributed by atoms with van der Waals surface area (Å²) in [6.45, 7) is 5.44. The molecule has 0 spiro atoms. The van der Waals surface area contributed by atoms with Crippen molar-refractivity contribution in [3.05, 3.63) is 63.7 Å². The highest BCUT2D eigenvalue weighted by molar-refractivity contribution is 5.94. The Labute approximate surface area is 134 Å². The maximum absolute atomic E-state index is 12.2. The van der Waals surface area contributed by atoms with Crippen molar-refractivity contribution in [2.24, 2.45) is 0 Å². The molecule has 2 aromatic carbocycles. The number of aryl methyl sites for hydroxylation is 2. The summed E-state index contributed by atoms with van der Waals surface area (Å²) in [6.07, 6.45) is -0.781. The van der Waals surface area contributed by atoms with Crippen LogP contribution in [0.1, 0.15) is 18.1 Å². The summed E-state index contributed by atoms with van der Waals surface area (Å²) in [6, 6.07) is 11.5. The van der Waals surface area contributed by atoms with Gasteiger partial charge in [0, 0.05) is 11.8 Å². The Morgan fingerprint density at radius 1 is 1.22 bits per heavy atom. The molecule has 0 radical (unpaired) electrons. The molecule has 1 amide bonds. The number of nitrogens with zero attached hydrogens (tertiary/aromatic N) is 1. The van der Waals surface area contributed by atoms with Gasteiger partial charge in [-0.1, -0.05) is 18.2 Å². The third-order valence-corrected chi connectivity index (χ3v) is 3.36. The molecule has 23 heavy (non-hydrogen) atoms. The van der Waals surface area contributed by atoms with Crippen LogP contribution < -0.4 is 10.1 Å². The number of nitro benzene ring substituents is 1. The molecule has 2 aromatic rings. The molecule has 1 atom stereocenters. The summed E-state index contributed by atoms with van der Waals surface area (Å²) in [5, 5.41) is 13.6. The molecule has 0 aliphatic heterocycles. The lowest BCUT2D eigenvalue weighted by Crippen LogP contribution is -2.30. The fourth-order valence-electron chi connectivity index (χ4n) is 2.03. The number of ether oxygens (including phenoxy) is 1. The molecule has 0 saturated heterocycles. The van der Waals surface area contributed by atoms with Crippen molar-refractivity contribution in [3.63, 3.8) is 0 Å². The molecule has 0 unspecified atom stereocenters. The fraction of sp³-hybridized carbons (Fsp3) is 0.235. The van der Waals surface area contributed by atoms with Crippen LogP contribution in [-0.2, 0) is 4.79 Å². The van der Waals surface area contributed by atoms with Gasteiger partial charge in [0.1, 0.15) is 5.75 Å². The van der Waals surface area contributed by atoms with Gasteiger partial charge < -0.3 is 10.1 Å². The zero-order chi connectivity index (χ0) is 17.0. The summed E-state index contributed by atoms with van der Waals surface area (Å²) in [4.78, 5) is 22.5. The van der Waals surface area contributed by atoms with Gasteiger partial charge in [-0.05, 0) is 44.0 Å². The Balaban J connectivity index is 2.07. The lowest BCUT2D eigenvalue weighted by atomic mass is 10.1. The van der Waals surface area contributed by atoms with Crippen LogP contribution in [0, 0.1) is 24.0 Å². The minimum atomic E-state index is -0.781. The summed E-state index contributed by atoms with van der Waals surface area (Å²) in [7, 11) is 0. The average Bonchev–Trinajstić information content (AvgIpc) is 2.51. The molecule has 0 saturated carbocycles. The highest BCUT2D eigenvalue weighted by atomic mass is 16.6. The second kappa shape index (κ2) is 6.91. The molecule has 0 aromatic heterocycles. The Kier molecular flexibility index (Phi) is 4.95. The quantitative estimate of drug-likeness (QED) is 0.675. The van der Waals surface area contributed by atoms with Crippen LogP contribution in [0.15, 0.2) is 42.5 Å². The predicted octanol–water partition coefficient (Wildman–Crippen LogP) is 3.62. The van der Waals surface area contributed by atoms with Crippen LogP contribution >= 0.6 is 0 Å². The Hall–Kier alpha value is -2.89. The van der Waals surface area contributed by atoms with Crippen molar-refractivity contribution in [1.29, 1.82) is 0 Å². The van der Waals surface area contributed by atoms with E-state index in [0.717, 1.165) is 16.8 Å². The Morgan fingerprint density at radius 2 is 1.96 bits per heavy atom. The second-order valence-corrected chi connectivity index (χ2v) is 5.32. The molecule has 0 aliphatic rings.